The third-order valence-electron chi connectivity index (χ3n) is 5.29. The molecule has 1 atom stereocenters. The van der Waals surface area contributed by atoms with Crippen LogP contribution in [-0.2, 0) is 14.8 Å². The highest BCUT2D eigenvalue weighted by Crippen LogP contribution is 2.21. The van der Waals surface area contributed by atoms with Gasteiger partial charge in [-0.2, -0.15) is 0 Å². The minimum absolute atomic E-state index is 0.110. The number of sulfonamides is 1. The second-order valence-corrected chi connectivity index (χ2v) is 9.65. The first-order valence-electron chi connectivity index (χ1n) is 10.5. The predicted molar refractivity (Wildman–Crippen MR) is 117 cm³/mol. The monoisotopic (exact) mass is 425 g/mol. The van der Waals surface area contributed by atoms with Crippen LogP contribution in [0.4, 0.5) is 5.69 Å². The largest absolute Gasteiger partial charge is 0.481 e. The van der Waals surface area contributed by atoms with Crippen molar-refractivity contribution in [3.63, 3.8) is 0 Å². The van der Waals surface area contributed by atoms with Crippen LogP contribution < -0.4 is 14.4 Å². The molecule has 0 bridgehead atoms. The van der Waals surface area contributed by atoms with Gasteiger partial charge < -0.3 is 15.0 Å². The van der Waals surface area contributed by atoms with Crippen molar-refractivity contribution in [2.75, 3.05) is 43.8 Å². The molecule has 8 heteroatoms. The van der Waals surface area contributed by atoms with Crippen molar-refractivity contribution in [3.8, 4) is 5.75 Å². The molecule has 0 radical (unpaired) electrons. The van der Waals surface area contributed by atoms with Gasteiger partial charge in [-0.3, -0.25) is 9.10 Å². The Bertz CT molecular complexity index is 729. The molecular formula is C21H35N3O4S. The van der Waals surface area contributed by atoms with Gasteiger partial charge in [0.25, 0.3) is 5.91 Å². The molecule has 1 heterocycles. The Hall–Kier alpha value is -1.80. The van der Waals surface area contributed by atoms with Gasteiger partial charge in [0.2, 0.25) is 10.0 Å². The minimum Gasteiger partial charge on any atom is -0.481 e. The highest BCUT2D eigenvalue weighted by atomic mass is 32.2. The molecule has 1 saturated heterocycles. The zero-order valence-electron chi connectivity index (χ0n) is 17.9. The van der Waals surface area contributed by atoms with E-state index in [1.54, 1.807) is 24.3 Å². The van der Waals surface area contributed by atoms with E-state index in [0.29, 0.717) is 24.4 Å². The third-order valence-corrected chi connectivity index (χ3v) is 6.49. The standard InChI is InChI=1S/C21H35N3O4S/c1-4-20(21(25)22-14-9-17-24-15-7-5-6-8-16-24)28-19-12-10-18(11-13-19)23(2)29(3,26)27/h10-13,20H,4-9,14-17H2,1-3H3,(H,22,25)/t20-/m0/s1. The molecule has 1 amide bonds. The summed E-state index contributed by atoms with van der Waals surface area (Å²) in [5, 5.41) is 2.98. The van der Waals surface area contributed by atoms with E-state index in [9.17, 15) is 13.2 Å². The summed E-state index contributed by atoms with van der Waals surface area (Å²) >= 11 is 0. The third kappa shape index (κ3) is 7.85. The molecule has 1 fully saturated rings. The molecule has 0 aliphatic carbocycles. The lowest BCUT2D eigenvalue weighted by atomic mass is 10.2. The van der Waals surface area contributed by atoms with E-state index in [1.165, 1.54) is 50.1 Å². The molecule has 0 spiro atoms. The lowest BCUT2D eigenvalue weighted by Gasteiger charge is -2.21. The van der Waals surface area contributed by atoms with Gasteiger partial charge in [-0.1, -0.05) is 19.8 Å². The lowest BCUT2D eigenvalue weighted by Crippen LogP contribution is -2.39. The quantitative estimate of drug-likeness (QED) is 0.583. The average molecular weight is 426 g/mol. The number of carbonyl (C=O) groups is 1. The van der Waals surface area contributed by atoms with Crippen LogP contribution in [-0.4, -0.2) is 64.8 Å². The van der Waals surface area contributed by atoms with Gasteiger partial charge in [0.15, 0.2) is 6.10 Å². The molecular weight excluding hydrogens is 390 g/mol. The average Bonchev–Trinajstić information content (AvgIpc) is 2.97. The van der Waals surface area contributed by atoms with E-state index < -0.39 is 16.1 Å². The summed E-state index contributed by atoms with van der Waals surface area (Å²) in [6, 6.07) is 6.71. The molecule has 2 rings (SSSR count). The number of hydrogen-bond donors (Lipinski definition) is 1. The molecule has 1 aromatic rings. The van der Waals surface area contributed by atoms with Crippen molar-refractivity contribution in [1.82, 2.24) is 10.2 Å². The molecule has 0 unspecified atom stereocenters. The Morgan fingerprint density at radius 2 is 1.79 bits per heavy atom. The van der Waals surface area contributed by atoms with Crippen LogP contribution in [0.3, 0.4) is 0 Å². The van der Waals surface area contributed by atoms with Gasteiger partial charge in [0, 0.05) is 13.6 Å². The Balaban J connectivity index is 1.78. The molecule has 164 valence electrons. The Morgan fingerprint density at radius 1 is 1.17 bits per heavy atom. The number of rotatable bonds is 10. The number of ether oxygens (including phenoxy) is 1. The van der Waals surface area contributed by atoms with Gasteiger partial charge in [0.05, 0.1) is 11.9 Å². The second-order valence-electron chi connectivity index (χ2n) is 7.64. The zero-order valence-corrected chi connectivity index (χ0v) is 18.7. The zero-order chi connectivity index (χ0) is 21.3. The number of carbonyl (C=O) groups excluding carboxylic acids is 1. The van der Waals surface area contributed by atoms with Crippen LogP contribution in [0.5, 0.6) is 5.75 Å². The van der Waals surface area contributed by atoms with Crippen LogP contribution in [0.25, 0.3) is 0 Å². The SMILES string of the molecule is CC[C@H](Oc1ccc(N(C)S(C)(=O)=O)cc1)C(=O)NCCCN1CCCCCC1. The van der Waals surface area contributed by atoms with Crippen molar-refractivity contribution >= 4 is 21.6 Å². The number of anilines is 1. The highest BCUT2D eigenvalue weighted by Gasteiger charge is 2.19. The Labute approximate surface area is 175 Å². The van der Waals surface area contributed by atoms with Crippen LogP contribution in [0.2, 0.25) is 0 Å². The number of nitrogens with zero attached hydrogens (tertiary/aromatic N) is 2. The molecule has 0 aromatic heterocycles. The van der Waals surface area contributed by atoms with Crippen molar-refractivity contribution in [1.29, 1.82) is 0 Å². The first-order valence-corrected chi connectivity index (χ1v) is 12.4. The highest BCUT2D eigenvalue weighted by molar-refractivity contribution is 7.92. The summed E-state index contributed by atoms with van der Waals surface area (Å²) in [7, 11) is -1.81. The van der Waals surface area contributed by atoms with Crippen LogP contribution in [0, 0.1) is 0 Å². The molecule has 1 aliphatic rings. The van der Waals surface area contributed by atoms with Gasteiger partial charge in [-0.15, -0.1) is 0 Å². The van der Waals surface area contributed by atoms with Gasteiger partial charge >= 0.3 is 0 Å². The second kappa shape index (κ2) is 11.4. The Kier molecular flexibility index (Phi) is 9.23. The van der Waals surface area contributed by atoms with Crippen molar-refractivity contribution < 1.29 is 17.9 Å². The first kappa shape index (κ1) is 23.5. The number of hydrogen-bond acceptors (Lipinski definition) is 5. The van der Waals surface area contributed by atoms with Crippen molar-refractivity contribution in [2.45, 2.75) is 51.6 Å². The van der Waals surface area contributed by atoms with E-state index >= 15 is 0 Å². The normalized spacial score (nSPS) is 16.7. The molecule has 7 nitrogen and oxygen atoms in total. The first-order chi connectivity index (χ1) is 13.8. The van der Waals surface area contributed by atoms with Gasteiger partial charge in [-0.25, -0.2) is 8.42 Å². The van der Waals surface area contributed by atoms with Crippen LogP contribution >= 0.6 is 0 Å². The maximum atomic E-state index is 12.5. The van der Waals surface area contributed by atoms with E-state index in [1.807, 2.05) is 6.92 Å². The van der Waals surface area contributed by atoms with Crippen molar-refractivity contribution in [2.24, 2.45) is 0 Å². The summed E-state index contributed by atoms with van der Waals surface area (Å²) in [5.74, 6) is 0.433. The summed E-state index contributed by atoms with van der Waals surface area (Å²) < 4.78 is 30.2. The maximum Gasteiger partial charge on any atom is 0.261 e. The van der Waals surface area contributed by atoms with Crippen LogP contribution in [0.15, 0.2) is 24.3 Å². The summed E-state index contributed by atoms with van der Waals surface area (Å²) in [6.07, 6.45) is 7.29. The summed E-state index contributed by atoms with van der Waals surface area (Å²) in [6.45, 7) is 5.91. The number of amides is 1. The predicted octanol–water partition coefficient (Wildman–Crippen LogP) is 2.62. The van der Waals surface area contributed by atoms with E-state index in [2.05, 4.69) is 10.2 Å². The summed E-state index contributed by atoms with van der Waals surface area (Å²) in [5.41, 5.74) is 0.547. The topological polar surface area (TPSA) is 78.9 Å². The number of likely N-dealkylation sites (tertiary alicyclic amines) is 1. The number of benzene rings is 1. The van der Waals surface area contributed by atoms with Crippen LogP contribution in [0.1, 0.15) is 45.4 Å². The van der Waals surface area contributed by atoms with Gasteiger partial charge in [0.1, 0.15) is 5.75 Å². The molecule has 1 N–H and O–H groups in total. The minimum atomic E-state index is -3.31. The fraction of sp³-hybridized carbons (Fsp3) is 0.667. The fourth-order valence-electron chi connectivity index (χ4n) is 3.40. The smallest absolute Gasteiger partial charge is 0.261 e. The lowest BCUT2D eigenvalue weighted by molar-refractivity contribution is -0.128. The molecule has 1 aromatic carbocycles. The fourth-order valence-corrected chi connectivity index (χ4v) is 3.91. The summed E-state index contributed by atoms with van der Waals surface area (Å²) in [4.78, 5) is 14.9. The Morgan fingerprint density at radius 3 is 2.34 bits per heavy atom. The maximum absolute atomic E-state index is 12.5. The van der Waals surface area contributed by atoms with Gasteiger partial charge in [-0.05, 0) is 69.6 Å². The van der Waals surface area contributed by atoms with E-state index in [0.717, 1.165) is 19.2 Å². The molecule has 0 saturated carbocycles. The molecule has 1 aliphatic heterocycles. The molecule has 29 heavy (non-hydrogen) atoms. The van der Waals surface area contributed by atoms with E-state index in [4.69, 9.17) is 4.74 Å². The number of nitrogens with one attached hydrogen (secondary N) is 1. The van der Waals surface area contributed by atoms with E-state index in [-0.39, 0.29) is 5.91 Å². The van der Waals surface area contributed by atoms with Crippen molar-refractivity contribution in [3.05, 3.63) is 24.3 Å².